The van der Waals surface area contributed by atoms with Crippen molar-refractivity contribution in [3.8, 4) is 5.69 Å². The number of nitrogens with zero attached hydrogens (tertiary/aromatic N) is 3. The first-order valence-electron chi connectivity index (χ1n) is 11.5. The molecule has 2 aromatic carbocycles. The predicted molar refractivity (Wildman–Crippen MR) is 140 cm³/mol. The van der Waals surface area contributed by atoms with Gasteiger partial charge in [-0.15, -0.1) is 0 Å². The van der Waals surface area contributed by atoms with E-state index in [9.17, 15) is 13.6 Å². The first-order valence-corrected chi connectivity index (χ1v) is 12.2. The number of nitrogen functional groups attached to an aromatic ring is 1. The van der Waals surface area contributed by atoms with E-state index in [1.165, 1.54) is 22.9 Å². The first kappa shape index (κ1) is 24.0. The Hall–Kier alpha value is -3.72. The van der Waals surface area contributed by atoms with Crippen molar-refractivity contribution in [2.24, 2.45) is 0 Å². The Morgan fingerprint density at radius 1 is 1.17 bits per heavy atom. The number of hydrogen-bond donors (Lipinski definition) is 2. The number of anilines is 1. The molecule has 0 radical (unpaired) electrons. The van der Waals surface area contributed by atoms with Gasteiger partial charge in [-0.05, 0) is 76.7 Å². The second-order valence-corrected chi connectivity index (χ2v) is 9.51. The van der Waals surface area contributed by atoms with Gasteiger partial charge in [0.15, 0.2) is 5.65 Å². The molecule has 6 nitrogen and oxygen atoms in total. The number of allylic oxidation sites excluding steroid dienone is 2. The minimum atomic E-state index is -0.669. The number of nitrogens with one attached hydrogen (secondary N) is 1. The van der Waals surface area contributed by atoms with Gasteiger partial charge in [0, 0.05) is 23.8 Å². The lowest BCUT2D eigenvalue weighted by Crippen LogP contribution is -2.28. The molecule has 9 heteroatoms. The topological polar surface area (TPSA) is 97.7 Å². The maximum Gasteiger partial charge on any atom is 0.267 e. The maximum absolute atomic E-state index is 14.0. The molecule has 3 N–H and O–H groups in total. The van der Waals surface area contributed by atoms with Crippen LogP contribution in [0.4, 0.5) is 14.5 Å². The molecule has 0 amide bonds. The lowest BCUT2D eigenvalue weighted by atomic mass is 9.94. The molecule has 4 aromatic rings. The molecule has 0 bridgehead atoms. The zero-order valence-electron chi connectivity index (χ0n) is 19.4. The van der Waals surface area contributed by atoms with Crippen molar-refractivity contribution in [1.82, 2.24) is 14.5 Å². The summed E-state index contributed by atoms with van der Waals surface area (Å²) < 4.78 is 30.0. The zero-order valence-corrected chi connectivity index (χ0v) is 20.9. The molecule has 2 heterocycles. The summed E-state index contributed by atoms with van der Waals surface area (Å²) >= 11 is 3.34. The maximum atomic E-state index is 14.0. The largest absolute Gasteiger partial charge is 0.396 e. The molecule has 1 aliphatic carbocycles. The van der Waals surface area contributed by atoms with Crippen LogP contribution < -0.4 is 11.3 Å². The van der Waals surface area contributed by atoms with Crippen LogP contribution in [0, 0.1) is 17.0 Å². The molecule has 1 atom stereocenters. The van der Waals surface area contributed by atoms with Gasteiger partial charge in [0.25, 0.3) is 5.56 Å². The fourth-order valence-electron chi connectivity index (χ4n) is 4.57. The van der Waals surface area contributed by atoms with Gasteiger partial charge < -0.3 is 11.1 Å². The first-order chi connectivity index (χ1) is 17.3. The third-order valence-corrected chi connectivity index (χ3v) is 6.85. The number of pyridine rings is 1. The molecule has 5 rings (SSSR count). The highest BCUT2D eigenvalue weighted by Gasteiger charge is 2.30. The molecule has 0 spiro atoms. The molecular weight excluding hydrogens is 528 g/mol. The average molecular weight is 550 g/mol. The highest BCUT2D eigenvalue weighted by atomic mass is 79.9. The van der Waals surface area contributed by atoms with E-state index in [1.54, 1.807) is 18.2 Å². The van der Waals surface area contributed by atoms with Crippen molar-refractivity contribution < 1.29 is 8.78 Å². The van der Waals surface area contributed by atoms with Crippen LogP contribution in [0.25, 0.3) is 16.7 Å². The fraction of sp³-hybridized carbons (Fsp3) is 0.185. The number of aryl methyl sites for hydroxylation is 1. The van der Waals surface area contributed by atoms with Gasteiger partial charge in [-0.3, -0.25) is 9.36 Å². The number of hydrogen-bond acceptors (Lipinski definition) is 5. The Balaban J connectivity index is 1.80. The van der Waals surface area contributed by atoms with Crippen molar-refractivity contribution in [1.29, 1.82) is 5.41 Å². The molecule has 2 aromatic heterocycles. The third kappa shape index (κ3) is 4.35. The van der Waals surface area contributed by atoms with Crippen LogP contribution in [0.3, 0.4) is 0 Å². The summed E-state index contributed by atoms with van der Waals surface area (Å²) in [6.45, 7) is 1.97. The Bertz CT molecular complexity index is 1610. The van der Waals surface area contributed by atoms with Gasteiger partial charge in [-0.25, -0.2) is 18.7 Å². The second kappa shape index (κ2) is 9.39. The molecule has 1 unspecified atom stereocenters. The average Bonchev–Trinajstić information content (AvgIpc) is 3.67. The summed E-state index contributed by atoms with van der Waals surface area (Å²) in [5.41, 5.74) is 9.98. The number of rotatable bonds is 7. The Kier molecular flexibility index (Phi) is 6.26. The minimum absolute atomic E-state index is 0.233. The molecule has 0 saturated carbocycles. The lowest BCUT2D eigenvalue weighted by molar-refractivity contribution is 0.576. The van der Waals surface area contributed by atoms with E-state index in [0.29, 0.717) is 51.2 Å². The molecule has 0 aliphatic heterocycles. The van der Waals surface area contributed by atoms with E-state index in [0.717, 1.165) is 17.2 Å². The highest BCUT2D eigenvalue weighted by molar-refractivity contribution is 9.10. The number of benzene rings is 2. The molecular formula is C27H22BrF2N5O. The lowest BCUT2D eigenvalue weighted by Gasteiger charge is -2.22. The fourth-order valence-corrected chi connectivity index (χ4v) is 4.87. The van der Waals surface area contributed by atoms with E-state index in [1.807, 2.05) is 19.1 Å². The van der Waals surface area contributed by atoms with Crippen LogP contribution in [0.1, 0.15) is 41.8 Å². The van der Waals surface area contributed by atoms with Crippen LogP contribution in [0.15, 0.2) is 63.5 Å². The Morgan fingerprint density at radius 2 is 1.89 bits per heavy atom. The van der Waals surface area contributed by atoms with Crippen LogP contribution in [-0.4, -0.2) is 20.7 Å². The zero-order chi connectivity index (χ0) is 25.6. The minimum Gasteiger partial charge on any atom is -0.396 e. The molecule has 182 valence electrons. The number of fused-ring (bicyclic) bond motifs is 1. The quantitative estimate of drug-likeness (QED) is 0.135. The van der Waals surface area contributed by atoms with E-state index >= 15 is 0 Å². The van der Waals surface area contributed by atoms with Gasteiger partial charge >= 0.3 is 0 Å². The van der Waals surface area contributed by atoms with E-state index in [4.69, 9.17) is 16.1 Å². The van der Waals surface area contributed by atoms with E-state index in [-0.39, 0.29) is 17.6 Å². The van der Waals surface area contributed by atoms with Gasteiger partial charge in [0.1, 0.15) is 22.1 Å². The predicted octanol–water partition coefficient (Wildman–Crippen LogP) is 5.62. The summed E-state index contributed by atoms with van der Waals surface area (Å²) in [4.78, 5) is 23.1. The summed E-state index contributed by atoms with van der Waals surface area (Å²) in [6.07, 6.45) is 4.80. The van der Waals surface area contributed by atoms with Gasteiger partial charge in [0.2, 0.25) is 0 Å². The van der Waals surface area contributed by atoms with Crippen LogP contribution in [-0.2, 0) is 12.8 Å². The smallest absolute Gasteiger partial charge is 0.267 e. The molecule has 1 aliphatic rings. The number of halogens is 3. The molecule has 0 saturated heterocycles. The number of aromatic nitrogens is 3. The van der Waals surface area contributed by atoms with Crippen LogP contribution >= 0.6 is 15.9 Å². The Labute approximate surface area is 214 Å². The SMILES string of the molecule is CCc1ccc(-n2c(C(Cc3cc(F)cc(F)c3)C3=CC3)nc3nc(Br)ccc3c2=O)c(N)c1C=N. The van der Waals surface area contributed by atoms with Crippen molar-refractivity contribution in [3.05, 3.63) is 103 Å². The second-order valence-electron chi connectivity index (χ2n) is 8.70. The summed E-state index contributed by atoms with van der Waals surface area (Å²) in [6, 6.07) is 10.3. The molecule has 36 heavy (non-hydrogen) atoms. The summed E-state index contributed by atoms with van der Waals surface area (Å²) in [5, 5.41) is 8.20. The summed E-state index contributed by atoms with van der Waals surface area (Å²) in [7, 11) is 0. The normalized spacial score (nSPS) is 13.5. The highest BCUT2D eigenvalue weighted by Crippen LogP contribution is 2.39. The van der Waals surface area contributed by atoms with Crippen molar-refractivity contribution >= 4 is 38.9 Å². The third-order valence-electron chi connectivity index (χ3n) is 6.41. The van der Waals surface area contributed by atoms with E-state index in [2.05, 4.69) is 20.9 Å². The standard InChI is InChI=1S/C27H22BrF2N5O/c1-2-15-5-7-22(24(32)21(15)13-31)35-26(34-25-19(27(35)36)6-8-23(28)33-25)20(16-3-4-16)11-14-9-17(29)12-18(30)10-14/h3,5-10,12-13,20,31H,2,4,11,32H2,1H3. The van der Waals surface area contributed by atoms with Gasteiger partial charge in [-0.1, -0.05) is 24.6 Å². The van der Waals surface area contributed by atoms with Crippen LogP contribution in [0.2, 0.25) is 0 Å². The van der Waals surface area contributed by atoms with Crippen molar-refractivity contribution in [2.75, 3.05) is 5.73 Å². The van der Waals surface area contributed by atoms with Gasteiger partial charge in [-0.2, -0.15) is 0 Å². The van der Waals surface area contributed by atoms with Crippen molar-refractivity contribution in [2.45, 2.75) is 32.1 Å². The summed E-state index contributed by atoms with van der Waals surface area (Å²) in [5.74, 6) is -1.40. The van der Waals surface area contributed by atoms with Crippen molar-refractivity contribution in [3.63, 3.8) is 0 Å². The monoisotopic (exact) mass is 549 g/mol. The number of nitrogens with two attached hydrogens (primary N) is 1. The van der Waals surface area contributed by atoms with Gasteiger partial charge in [0.05, 0.1) is 16.8 Å². The Morgan fingerprint density at radius 3 is 2.53 bits per heavy atom. The van der Waals surface area contributed by atoms with E-state index < -0.39 is 17.6 Å². The molecule has 0 fully saturated rings. The van der Waals surface area contributed by atoms with Crippen LogP contribution in [0.5, 0.6) is 0 Å².